The van der Waals surface area contributed by atoms with Crippen molar-refractivity contribution in [2.24, 2.45) is 0 Å². The third-order valence-corrected chi connectivity index (χ3v) is 6.39. The van der Waals surface area contributed by atoms with Gasteiger partial charge in [-0.3, -0.25) is 14.4 Å². The van der Waals surface area contributed by atoms with Gasteiger partial charge in [0.2, 0.25) is 5.91 Å². The molecule has 176 valence electrons. The van der Waals surface area contributed by atoms with Gasteiger partial charge in [-0.2, -0.15) is 0 Å². The number of hydrogen-bond acceptors (Lipinski definition) is 6. The number of nitrogens with zero attached hydrogens (tertiary/aromatic N) is 2. The number of nitrogens with one attached hydrogen (secondary N) is 2. The van der Waals surface area contributed by atoms with Crippen molar-refractivity contribution in [2.45, 2.75) is 25.0 Å². The number of carbonyl (C=O) groups is 3. The quantitative estimate of drug-likeness (QED) is 0.461. The van der Waals surface area contributed by atoms with Crippen molar-refractivity contribution in [3.8, 4) is 0 Å². The summed E-state index contributed by atoms with van der Waals surface area (Å²) in [6.45, 7) is 0.423. The number of H-pyrrole nitrogens is 1. The van der Waals surface area contributed by atoms with Gasteiger partial charge in [0.1, 0.15) is 5.82 Å². The highest BCUT2D eigenvalue weighted by molar-refractivity contribution is 6.05. The van der Waals surface area contributed by atoms with Crippen LogP contribution < -0.4 is 20.9 Å². The van der Waals surface area contributed by atoms with Crippen LogP contribution in [0.1, 0.15) is 12.0 Å². The van der Waals surface area contributed by atoms with E-state index in [-0.39, 0.29) is 19.1 Å². The number of benzene rings is 2. The van der Waals surface area contributed by atoms with Crippen LogP contribution in [0.25, 0.3) is 10.8 Å². The summed E-state index contributed by atoms with van der Waals surface area (Å²) < 4.78 is 5.50. The second kappa shape index (κ2) is 8.47. The van der Waals surface area contributed by atoms with E-state index >= 15 is 0 Å². The minimum absolute atomic E-state index is 0.0171. The van der Waals surface area contributed by atoms with Crippen molar-refractivity contribution in [2.75, 3.05) is 41.0 Å². The summed E-state index contributed by atoms with van der Waals surface area (Å²) in [5, 5.41) is 14.9. The Morgan fingerprint density at radius 2 is 2.06 bits per heavy atom. The summed E-state index contributed by atoms with van der Waals surface area (Å²) >= 11 is 0. The van der Waals surface area contributed by atoms with Crippen LogP contribution in [0, 0.1) is 0 Å². The fraction of sp³-hybridized carbons (Fsp3) is 0.292. The van der Waals surface area contributed by atoms with Crippen molar-refractivity contribution in [1.82, 2.24) is 4.98 Å². The van der Waals surface area contributed by atoms with Crippen LogP contribution in [0.2, 0.25) is 0 Å². The molecule has 2 aliphatic heterocycles. The Hall–Kier alpha value is -3.89. The van der Waals surface area contributed by atoms with Gasteiger partial charge in [0.15, 0.2) is 12.2 Å². The average molecular weight is 463 g/mol. The van der Waals surface area contributed by atoms with Gasteiger partial charge in [0.05, 0.1) is 6.61 Å². The lowest BCUT2D eigenvalue weighted by molar-refractivity contribution is -0.150. The molecule has 34 heavy (non-hydrogen) atoms. The van der Waals surface area contributed by atoms with E-state index in [0.717, 1.165) is 22.0 Å². The summed E-state index contributed by atoms with van der Waals surface area (Å²) in [6, 6.07) is 10.6. The van der Waals surface area contributed by atoms with E-state index in [0.29, 0.717) is 30.0 Å². The van der Waals surface area contributed by atoms with E-state index in [1.165, 1.54) is 4.90 Å². The summed E-state index contributed by atoms with van der Waals surface area (Å²) in [4.78, 5) is 44.0. The van der Waals surface area contributed by atoms with Crippen molar-refractivity contribution in [3.63, 3.8) is 0 Å². The highest BCUT2D eigenvalue weighted by Crippen LogP contribution is 2.32. The number of anilines is 4. The highest BCUT2D eigenvalue weighted by Gasteiger charge is 2.39. The van der Waals surface area contributed by atoms with E-state index in [1.54, 1.807) is 42.4 Å². The molecule has 5 rings (SSSR count). The molecule has 3 amide bonds. The molecule has 10 nitrogen and oxygen atoms in total. The van der Waals surface area contributed by atoms with Crippen LogP contribution in [0.15, 0.2) is 42.6 Å². The minimum Gasteiger partial charge on any atom is -0.385 e. The Bertz CT molecular complexity index is 1300. The summed E-state index contributed by atoms with van der Waals surface area (Å²) in [7, 11) is 1.71. The predicted octanol–water partition coefficient (Wildman–Crippen LogP) is 1.39. The monoisotopic (exact) mass is 463 g/mol. The molecule has 0 bridgehead atoms. The van der Waals surface area contributed by atoms with E-state index < -0.39 is 24.0 Å². The number of morpholine rings is 1. The smallest absolute Gasteiger partial charge is 0.259 e. The first-order valence-corrected chi connectivity index (χ1v) is 11.0. The molecule has 2 atom stereocenters. The highest BCUT2D eigenvalue weighted by atomic mass is 16.5. The molecule has 2 aromatic carbocycles. The zero-order valence-corrected chi connectivity index (χ0v) is 18.6. The van der Waals surface area contributed by atoms with Crippen LogP contribution in [-0.4, -0.2) is 60.2 Å². The van der Waals surface area contributed by atoms with Gasteiger partial charge in [0.25, 0.3) is 11.8 Å². The largest absolute Gasteiger partial charge is 0.385 e. The number of hydrogen-bond donors (Lipinski definition) is 4. The topological polar surface area (TPSA) is 141 Å². The van der Waals surface area contributed by atoms with E-state index in [9.17, 15) is 19.5 Å². The van der Waals surface area contributed by atoms with E-state index in [4.69, 9.17) is 10.5 Å². The molecular weight excluding hydrogens is 438 g/mol. The number of aromatic amines is 1. The third-order valence-electron chi connectivity index (χ3n) is 6.39. The molecule has 1 fully saturated rings. The number of aliphatic hydroxyl groups excluding tert-OH is 1. The Labute approximate surface area is 195 Å². The number of nitrogen functional groups attached to an aromatic ring is 1. The summed E-state index contributed by atoms with van der Waals surface area (Å²) in [5.41, 5.74) is 8.67. The molecule has 3 aromatic rings. The molecule has 0 aliphatic carbocycles. The zero-order valence-electron chi connectivity index (χ0n) is 18.6. The molecule has 2 aliphatic rings. The number of aryl methyl sites for hydroxylation is 1. The normalized spacial score (nSPS) is 19.3. The number of aliphatic hydroxyl groups is 1. The third kappa shape index (κ3) is 3.76. The second-order valence-electron chi connectivity index (χ2n) is 8.49. The molecular formula is C24H25N5O5. The number of amides is 3. The SMILES string of the molecule is CN1C(=O)CCc2ccc(N3CCO[C@H]([C@@H](O)C(=O)Nc4ccc5c(N)[nH]cc5c4)C3=O)cc21. The van der Waals surface area contributed by atoms with Crippen molar-refractivity contribution in [1.29, 1.82) is 0 Å². The maximum absolute atomic E-state index is 13.2. The standard InChI is InChI=1S/C24H25N5O5/c1-28-18-11-16(5-2-13(18)3-7-19(28)30)29-8-9-34-21(24(29)33)20(31)23(32)27-15-4-6-17-14(10-15)12-26-22(17)25/h2,4-6,10-12,20-21,26,31H,3,7-9,25H2,1H3,(H,27,32)/t20-,21-/m1/s1. The molecule has 0 unspecified atom stereocenters. The van der Waals surface area contributed by atoms with E-state index in [2.05, 4.69) is 10.3 Å². The van der Waals surface area contributed by atoms with Crippen molar-refractivity contribution in [3.05, 3.63) is 48.2 Å². The molecule has 5 N–H and O–H groups in total. The second-order valence-corrected chi connectivity index (χ2v) is 8.49. The maximum Gasteiger partial charge on any atom is 0.259 e. The van der Waals surface area contributed by atoms with Gasteiger partial charge in [-0.05, 0) is 42.3 Å². The van der Waals surface area contributed by atoms with Crippen LogP contribution >= 0.6 is 0 Å². The van der Waals surface area contributed by atoms with Crippen LogP contribution in [0.4, 0.5) is 22.9 Å². The van der Waals surface area contributed by atoms with Gasteiger partial charge in [-0.25, -0.2) is 0 Å². The summed E-state index contributed by atoms with van der Waals surface area (Å²) in [5.74, 6) is -0.735. The Morgan fingerprint density at radius 1 is 1.24 bits per heavy atom. The lowest BCUT2D eigenvalue weighted by Crippen LogP contribution is -2.55. The van der Waals surface area contributed by atoms with Gasteiger partial charge in [0, 0.05) is 54.0 Å². The molecule has 1 aromatic heterocycles. The van der Waals surface area contributed by atoms with Crippen molar-refractivity contribution < 1.29 is 24.2 Å². The number of nitrogens with two attached hydrogens (primary N) is 1. The average Bonchev–Trinajstić information content (AvgIpc) is 3.21. The number of fused-ring (bicyclic) bond motifs is 2. The lowest BCUT2D eigenvalue weighted by Gasteiger charge is -2.35. The van der Waals surface area contributed by atoms with Crippen LogP contribution in [0.5, 0.6) is 0 Å². The Balaban J connectivity index is 1.32. The number of ether oxygens (including phenoxy) is 1. The Morgan fingerprint density at radius 3 is 2.88 bits per heavy atom. The van der Waals surface area contributed by atoms with Crippen molar-refractivity contribution >= 4 is 51.4 Å². The first-order valence-electron chi connectivity index (χ1n) is 11.0. The molecule has 1 saturated heterocycles. The fourth-order valence-electron chi connectivity index (χ4n) is 4.47. The number of aromatic nitrogens is 1. The molecule has 0 saturated carbocycles. The molecule has 0 radical (unpaired) electrons. The maximum atomic E-state index is 13.2. The lowest BCUT2D eigenvalue weighted by atomic mass is 10.0. The first-order chi connectivity index (χ1) is 16.3. The number of carbonyl (C=O) groups excluding carboxylic acids is 3. The molecule has 10 heteroatoms. The van der Waals surface area contributed by atoms with Crippen LogP contribution in [-0.2, 0) is 25.5 Å². The summed E-state index contributed by atoms with van der Waals surface area (Å²) in [6.07, 6.45) is -0.239. The molecule has 3 heterocycles. The zero-order chi connectivity index (χ0) is 24.0. The van der Waals surface area contributed by atoms with Gasteiger partial charge in [-0.15, -0.1) is 0 Å². The molecule has 0 spiro atoms. The van der Waals surface area contributed by atoms with Crippen LogP contribution in [0.3, 0.4) is 0 Å². The number of rotatable bonds is 4. The predicted molar refractivity (Wildman–Crippen MR) is 128 cm³/mol. The Kier molecular flexibility index (Phi) is 5.46. The van der Waals surface area contributed by atoms with E-state index in [1.807, 2.05) is 12.1 Å². The minimum atomic E-state index is -1.70. The first kappa shape index (κ1) is 21.9. The van der Waals surface area contributed by atoms with Gasteiger partial charge in [-0.1, -0.05) is 6.07 Å². The van der Waals surface area contributed by atoms with Gasteiger partial charge < -0.3 is 35.7 Å². The fourth-order valence-corrected chi connectivity index (χ4v) is 4.47. The van der Waals surface area contributed by atoms with Gasteiger partial charge >= 0.3 is 0 Å².